The third-order valence-corrected chi connectivity index (χ3v) is 5.70. The van der Waals surface area contributed by atoms with Gasteiger partial charge in [0.15, 0.2) is 5.82 Å². The number of benzene rings is 2. The van der Waals surface area contributed by atoms with Crippen LogP contribution in [0.25, 0.3) is 11.3 Å². The summed E-state index contributed by atoms with van der Waals surface area (Å²) in [4.78, 5) is 14.6. The highest BCUT2D eigenvalue weighted by molar-refractivity contribution is 6.30. The standard InChI is InChI=1S/C23H19ClF4N4O/c24-16-5-3-14(4-6-16)20-9-10-21(31-30-20)32-11-1-2-15(13-32)22(33)29-17-7-8-19(25)18(12-17)23(26,27)28/h3-10,12,15H,1-2,11,13H2,(H,29,33). The third kappa shape index (κ3) is 5.42. The van der Waals surface area contributed by atoms with Crippen LogP contribution < -0.4 is 10.2 Å². The topological polar surface area (TPSA) is 58.1 Å². The molecule has 1 unspecified atom stereocenters. The van der Waals surface area contributed by atoms with Gasteiger partial charge in [0.05, 0.1) is 17.2 Å². The van der Waals surface area contributed by atoms with Crippen molar-refractivity contribution in [1.82, 2.24) is 10.2 Å². The van der Waals surface area contributed by atoms with Crippen molar-refractivity contribution in [3.63, 3.8) is 0 Å². The first-order chi connectivity index (χ1) is 15.7. The second-order valence-electron chi connectivity index (χ2n) is 7.75. The molecule has 33 heavy (non-hydrogen) atoms. The number of rotatable bonds is 4. The van der Waals surface area contributed by atoms with Crippen LogP contribution in [0.5, 0.6) is 0 Å². The molecule has 3 aromatic rings. The number of hydrogen-bond donors (Lipinski definition) is 1. The molecular weight excluding hydrogens is 460 g/mol. The molecule has 0 saturated carbocycles. The van der Waals surface area contributed by atoms with Gasteiger partial charge < -0.3 is 10.2 Å². The fourth-order valence-electron chi connectivity index (χ4n) is 3.73. The largest absolute Gasteiger partial charge is 0.419 e. The van der Waals surface area contributed by atoms with Crippen molar-refractivity contribution in [2.75, 3.05) is 23.3 Å². The Balaban J connectivity index is 1.43. The molecule has 1 saturated heterocycles. The van der Waals surface area contributed by atoms with E-state index < -0.39 is 29.4 Å². The molecule has 1 aromatic heterocycles. The zero-order chi connectivity index (χ0) is 23.6. The van der Waals surface area contributed by atoms with Gasteiger partial charge in [0.2, 0.25) is 5.91 Å². The van der Waals surface area contributed by atoms with Gasteiger partial charge in [0, 0.05) is 29.4 Å². The lowest BCUT2D eigenvalue weighted by Gasteiger charge is -2.32. The summed E-state index contributed by atoms with van der Waals surface area (Å²) < 4.78 is 52.3. The molecule has 0 aliphatic carbocycles. The fourth-order valence-corrected chi connectivity index (χ4v) is 3.86. The molecule has 0 bridgehead atoms. The van der Waals surface area contributed by atoms with Gasteiger partial charge in [0.25, 0.3) is 0 Å². The number of hydrogen-bond acceptors (Lipinski definition) is 4. The number of halogens is 5. The Morgan fingerprint density at radius 3 is 2.48 bits per heavy atom. The zero-order valence-electron chi connectivity index (χ0n) is 17.2. The van der Waals surface area contributed by atoms with Crippen molar-refractivity contribution < 1.29 is 22.4 Å². The van der Waals surface area contributed by atoms with Gasteiger partial charge in [-0.25, -0.2) is 4.39 Å². The molecule has 2 aromatic carbocycles. The second-order valence-corrected chi connectivity index (χ2v) is 8.19. The fraction of sp³-hybridized carbons (Fsp3) is 0.261. The van der Waals surface area contributed by atoms with E-state index in [4.69, 9.17) is 11.6 Å². The van der Waals surface area contributed by atoms with Crippen LogP contribution in [0, 0.1) is 11.7 Å². The summed E-state index contributed by atoms with van der Waals surface area (Å²) >= 11 is 5.91. The number of piperidine rings is 1. The first kappa shape index (κ1) is 23.0. The highest BCUT2D eigenvalue weighted by atomic mass is 35.5. The molecule has 5 nitrogen and oxygen atoms in total. The normalized spacial score (nSPS) is 16.5. The maximum atomic E-state index is 13.5. The van der Waals surface area contributed by atoms with Crippen molar-refractivity contribution in [3.05, 3.63) is 71.0 Å². The lowest BCUT2D eigenvalue weighted by atomic mass is 9.97. The molecule has 2 heterocycles. The van der Waals surface area contributed by atoms with E-state index in [9.17, 15) is 22.4 Å². The summed E-state index contributed by atoms with van der Waals surface area (Å²) in [7, 11) is 0. The lowest BCUT2D eigenvalue weighted by molar-refractivity contribution is -0.140. The number of nitrogens with one attached hydrogen (secondary N) is 1. The number of amides is 1. The van der Waals surface area contributed by atoms with E-state index in [1.54, 1.807) is 12.1 Å². The SMILES string of the molecule is O=C(Nc1ccc(F)c(C(F)(F)F)c1)C1CCCN(c2ccc(-c3ccc(Cl)cc3)nn2)C1. The predicted octanol–water partition coefficient (Wildman–Crippen LogP) is 5.81. The van der Waals surface area contributed by atoms with Crippen molar-refractivity contribution in [2.24, 2.45) is 5.92 Å². The lowest BCUT2D eigenvalue weighted by Crippen LogP contribution is -2.41. The Kier molecular flexibility index (Phi) is 6.51. The number of carbonyl (C=O) groups is 1. The number of nitrogens with zero attached hydrogens (tertiary/aromatic N) is 3. The van der Waals surface area contributed by atoms with Gasteiger partial charge >= 0.3 is 6.18 Å². The molecule has 1 fully saturated rings. The predicted molar refractivity (Wildman–Crippen MR) is 117 cm³/mol. The Morgan fingerprint density at radius 1 is 1.06 bits per heavy atom. The highest BCUT2D eigenvalue weighted by Gasteiger charge is 2.34. The Morgan fingerprint density at radius 2 is 1.82 bits per heavy atom. The van der Waals surface area contributed by atoms with E-state index in [1.807, 2.05) is 29.2 Å². The van der Waals surface area contributed by atoms with E-state index in [2.05, 4.69) is 15.5 Å². The van der Waals surface area contributed by atoms with E-state index in [0.29, 0.717) is 54.6 Å². The van der Waals surface area contributed by atoms with Crippen LogP contribution in [-0.4, -0.2) is 29.2 Å². The van der Waals surface area contributed by atoms with Crippen LogP contribution in [0.4, 0.5) is 29.1 Å². The molecule has 10 heteroatoms. The average molecular weight is 479 g/mol. The quantitative estimate of drug-likeness (QED) is 0.481. The van der Waals surface area contributed by atoms with Gasteiger partial charge in [-0.2, -0.15) is 13.2 Å². The van der Waals surface area contributed by atoms with Gasteiger partial charge in [-0.1, -0.05) is 23.7 Å². The number of aromatic nitrogens is 2. The van der Waals surface area contributed by atoms with Crippen LogP contribution in [0.3, 0.4) is 0 Å². The smallest absolute Gasteiger partial charge is 0.354 e. The monoisotopic (exact) mass is 478 g/mol. The summed E-state index contributed by atoms with van der Waals surface area (Å²) in [6.45, 7) is 1.02. The van der Waals surface area contributed by atoms with Crippen LogP contribution in [0.1, 0.15) is 18.4 Å². The first-order valence-corrected chi connectivity index (χ1v) is 10.6. The maximum Gasteiger partial charge on any atom is 0.419 e. The van der Waals surface area contributed by atoms with Crippen LogP contribution in [-0.2, 0) is 11.0 Å². The minimum atomic E-state index is -4.84. The molecule has 1 N–H and O–H groups in total. The second kappa shape index (κ2) is 9.35. The Bertz CT molecular complexity index is 1140. The first-order valence-electron chi connectivity index (χ1n) is 10.2. The van der Waals surface area contributed by atoms with Gasteiger partial charge in [0.1, 0.15) is 5.82 Å². The number of alkyl halides is 3. The highest BCUT2D eigenvalue weighted by Crippen LogP contribution is 2.33. The number of anilines is 2. The summed E-state index contributed by atoms with van der Waals surface area (Å²) in [6, 6.07) is 13.3. The maximum absolute atomic E-state index is 13.5. The summed E-state index contributed by atoms with van der Waals surface area (Å²) in [5.41, 5.74) is 0.0324. The van der Waals surface area contributed by atoms with Crippen LogP contribution in [0.15, 0.2) is 54.6 Å². The van der Waals surface area contributed by atoms with Crippen molar-refractivity contribution in [3.8, 4) is 11.3 Å². The van der Waals surface area contributed by atoms with E-state index >= 15 is 0 Å². The molecular formula is C23H19ClF4N4O. The van der Waals surface area contributed by atoms with Crippen molar-refractivity contribution in [1.29, 1.82) is 0 Å². The molecule has 4 rings (SSSR count). The van der Waals surface area contributed by atoms with Crippen LogP contribution in [0.2, 0.25) is 5.02 Å². The number of carbonyl (C=O) groups excluding carboxylic acids is 1. The minimum Gasteiger partial charge on any atom is -0.354 e. The molecule has 0 spiro atoms. The zero-order valence-corrected chi connectivity index (χ0v) is 18.0. The van der Waals surface area contributed by atoms with Crippen LogP contribution >= 0.6 is 11.6 Å². The third-order valence-electron chi connectivity index (χ3n) is 5.45. The van der Waals surface area contributed by atoms with Crippen molar-refractivity contribution in [2.45, 2.75) is 19.0 Å². The molecule has 1 amide bonds. The van der Waals surface area contributed by atoms with Crippen molar-refractivity contribution >= 4 is 29.0 Å². The van der Waals surface area contributed by atoms with Gasteiger partial charge in [-0.05, 0) is 55.3 Å². The minimum absolute atomic E-state index is 0.0991. The molecule has 1 aliphatic rings. The van der Waals surface area contributed by atoms with E-state index in [1.165, 1.54) is 0 Å². The summed E-state index contributed by atoms with van der Waals surface area (Å²) in [6.07, 6.45) is -3.56. The summed E-state index contributed by atoms with van der Waals surface area (Å²) in [5, 5.41) is 11.6. The molecule has 172 valence electrons. The van der Waals surface area contributed by atoms with Gasteiger partial charge in [-0.15, -0.1) is 10.2 Å². The van der Waals surface area contributed by atoms with E-state index in [-0.39, 0.29) is 5.69 Å². The Labute approximate surface area is 192 Å². The summed E-state index contributed by atoms with van der Waals surface area (Å²) in [5.74, 6) is -1.67. The average Bonchev–Trinajstić information content (AvgIpc) is 2.80. The Hall–Kier alpha value is -3.20. The van der Waals surface area contributed by atoms with Gasteiger partial charge in [-0.3, -0.25) is 4.79 Å². The molecule has 1 aliphatic heterocycles. The molecule has 0 radical (unpaired) electrons. The van der Waals surface area contributed by atoms with E-state index in [0.717, 1.165) is 11.6 Å². The molecule has 1 atom stereocenters.